The number of benzene rings is 1. The molecule has 1 atom stereocenters. The lowest BCUT2D eigenvalue weighted by Gasteiger charge is -2.27. The molecule has 3 nitrogen and oxygen atoms in total. The summed E-state index contributed by atoms with van der Waals surface area (Å²) in [7, 11) is 1.64. The Morgan fingerprint density at radius 3 is 2.82 bits per heavy atom. The van der Waals surface area contributed by atoms with Gasteiger partial charge in [0.05, 0.1) is 7.11 Å². The van der Waals surface area contributed by atoms with E-state index in [0.717, 1.165) is 43.7 Å². The average molecular weight is 234 g/mol. The fraction of sp³-hybridized carbons (Fsp3) is 0.500. The van der Waals surface area contributed by atoms with Gasteiger partial charge in [0.15, 0.2) is 0 Å². The van der Waals surface area contributed by atoms with Crippen molar-refractivity contribution in [3.05, 3.63) is 29.8 Å². The van der Waals surface area contributed by atoms with Crippen molar-refractivity contribution in [2.24, 2.45) is 5.92 Å². The molecule has 2 rings (SSSR count). The Bertz CT molecular complexity index is 369. The molecule has 3 heteroatoms. The van der Waals surface area contributed by atoms with Crippen LogP contribution in [-0.2, 0) is 9.53 Å². The number of rotatable bonds is 4. The lowest BCUT2D eigenvalue weighted by atomic mass is 9.82. The lowest BCUT2D eigenvalue weighted by Crippen LogP contribution is -2.23. The maximum absolute atomic E-state index is 11.3. The minimum atomic E-state index is -0.0333. The van der Waals surface area contributed by atoms with Crippen LogP contribution < -0.4 is 4.74 Å². The van der Waals surface area contributed by atoms with Gasteiger partial charge in [-0.25, -0.2) is 0 Å². The predicted octanol–water partition coefficient (Wildman–Crippen LogP) is 2.40. The molecule has 92 valence electrons. The van der Waals surface area contributed by atoms with E-state index in [9.17, 15) is 4.79 Å². The van der Waals surface area contributed by atoms with Gasteiger partial charge in [-0.3, -0.25) is 0 Å². The van der Waals surface area contributed by atoms with Gasteiger partial charge in [-0.1, -0.05) is 12.1 Å². The fourth-order valence-electron chi connectivity index (χ4n) is 2.39. The summed E-state index contributed by atoms with van der Waals surface area (Å²) in [6.45, 7) is 1.53. The van der Waals surface area contributed by atoms with Crippen molar-refractivity contribution in [2.75, 3.05) is 20.3 Å². The van der Waals surface area contributed by atoms with Crippen molar-refractivity contribution in [1.29, 1.82) is 0 Å². The Kier molecular flexibility index (Phi) is 4.15. The highest BCUT2D eigenvalue weighted by Gasteiger charge is 2.25. The van der Waals surface area contributed by atoms with E-state index in [0.29, 0.717) is 5.92 Å². The van der Waals surface area contributed by atoms with E-state index < -0.39 is 0 Å². The molecule has 1 saturated heterocycles. The van der Waals surface area contributed by atoms with Gasteiger partial charge in [-0.15, -0.1) is 0 Å². The van der Waals surface area contributed by atoms with Gasteiger partial charge >= 0.3 is 0 Å². The van der Waals surface area contributed by atoms with Crippen LogP contribution >= 0.6 is 0 Å². The van der Waals surface area contributed by atoms with Crippen LogP contribution in [0.2, 0.25) is 0 Å². The van der Waals surface area contributed by atoms with Gasteiger partial charge in [0.2, 0.25) is 0 Å². The number of carbonyl (C=O) groups is 1. The van der Waals surface area contributed by atoms with E-state index in [4.69, 9.17) is 9.47 Å². The summed E-state index contributed by atoms with van der Waals surface area (Å²) in [5.74, 6) is 1.17. The highest BCUT2D eigenvalue weighted by molar-refractivity contribution is 5.63. The van der Waals surface area contributed by atoms with Crippen LogP contribution in [0.15, 0.2) is 24.3 Å². The number of hydrogen-bond acceptors (Lipinski definition) is 3. The number of hydrogen-bond donors (Lipinski definition) is 0. The van der Waals surface area contributed by atoms with Crippen LogP contribution in [0.1, 0.15) is 24.3 Å². The van der Waals surface area contributed by atoms with Gasteiger partial charge in [-0.05, 0) is 36.5 Å². The second-order valence-electron chi connectivity index (χ2n) is 4.39. The first-order chi connectivity index (χ1) is 8.35. The largest absolute Gasteiger partial charge is 0.497 e. The highest BCUT2D eigenvalue weighted by atomic mass is 16.5. The molecule has 0 spiro atoms. The highest BCUT2D eigenvalue weighted by Crippen LogP contribution is 2.31. The third-order valence-corrected chi connectivity index (χ3v) is 3.40. The standard InChI is InChI=1S/C14H18O3/c1-16-13-4-2-3-12(9-13)14(10-15)11-5-7-17-8-6-11/h2-4,9-11,14H,5-8H2,1H3. The Labute approximate surface area is 102 Å². The van der Waals surface area contributed by atoms with Gasteiger partial charge in [0.1, 0.15) is 12.0 Å². The number of methoxy groups -OCH3 is 1. The average Bonchev–Trinajstić information content (AvgIpc) is 2.41. The molecule has 0 saturated carbocycles. The molecule has 1 unspecified atom stereocenters. The third kappa shape index (κ3) is 2.86. The van der Waals surface area contributed by atoms with Gasteiger partial charge in [0, 0.05) is 19.1 Å². The monoisotopic (exact) mass is 234 g/mol. The number of ether oxygens (including phenoxy) is 2. The maximum Gasteiger partial charge on any atom is 0.127 e. The summed E-state index contributed by atoms with van der Waals surface area (Å²) < 4.78 is 10.5. The van der Waals surface area contributed by atoms with Gasteiger partial charge in [0.25, 0.3) is 0 Å². The normalized spacial score (nSPS) is 18.6. The Morgan fingerprint density at radius 1 is 1.41 bits per heavy atom. The zero-order valence-electron chi connectivity index (χ0n) is 10.1. The maximum atomic E-state index is 11.3. The minimum Gasteiger partial charge on any atom is -0.497 e. The topological polar surface area (TPSA) is 35.5 Å². The smallest absolute Gasteiger partial charge is 0.127 e. The Morgan fingerprint density at radius 2 is 2.18 bits per heavy atom. The molecule has 1 heterocycles. The van der Waals surface area contributed by atoms with E-state index >= 15 is 0 Å². The van der Waals surface area contributed by atoms with E-state index in [2.05, 4.69) is 0 Å². The zero-order chi connectivity index (χ0) is 12.1. The first-order valence-electron chi connectivity index (χ1n) is 6.02. The minimum absolute atomic E-state index is 0.0333. The second-order valence-corrected chi connectivity index (χ2v) is 4.39. The fourth-order valence-corrected chi connectivity index (χ4v) is 2.39. The zero-order valence-corrected chi connectivity index (χ0v) is 10.1. The van der Waals surface area contributed by atoms with Crippen LogP contribution in [0.5, 0.6) is 5.75 Å². The predicted molar refractivity (Wildman–Crippen MR) is 65.3 cm³/mol. The number of aldehydes is 1. The summed E-state index contributed by atoms with van der Waals surface area (Å²) in [5, 5.41) is 0. The molecular weight excluding hydrogens is 216 g/mol. The first kappa shape index (κ1) is 12.1. The Balaban J connectivity index is 2.18. The molecule has 0 N–H and O–H groups in total. The van der Waals surface area contributed by atoms with E-state index in [1.54, 1.807) is 7.11 Å². The molecule has 1 aliphatic rings. The SMILES string of the molecule is COc1cccc(C(C=O)C2CCOCC2)c1. The lowest BCUT2D eigenvalue weighted by molar-refractivity contribution is -0.110. The van der Waals surface area contributed by atoms with E-state index in [-0.39, 0.29) is 5.92 Å². The van der Waals surface area contributed by atoms with Crippen molar-refractivity contribution in [1.82, 2.24) is 0 Å². The molecule has 0 bridgehead atoms. The summed E-state index contributed by atoms with van der Waals surface area (Å²) in [5.41, 5.74) is 1.05. The summed E-state index contributed by atoms with van der Waals surface area (Å²) in [6, 6.07) is 7.78. The van der Waals surface area contributed by atoms with Crippen molar-refractivity contribution in [3.8, 4) is 5.75 Å². The van der Waals surface area contributed by atoms with Gasteiger partial charge in [-0.2, -0.15) is 0 Å². The summed E-state index contributed by atoms with van der Waals surface area (Å²) in [6.07, 6.45) is 2.98. The van der Waals surface area contributed by atoms with Crippen LogP contribution in [-0.4, -0.2) is 26.6 Å². The quantitative estimate of drug-likeness (QED) is 0.750. The molecular formula is C14H18O3. The van der Waals surface area contributed by atoms with E-state index in [1.807, 2.05) is 24.3 Å². The third-order valence-electron chi connectivity index (χ3n) is 3.40. The van der Waals surface area contributed by atoms with Crippen molar-refractivity contribution in [2.45, 2.75) is 18.8 Å². The summed E-state index contributed by atoms with van der Waals surface area (Å²) >= 11 is 0. The molecule has 1 fully saturated rings. The van der Waals surface area contributed by atoms with Crippen LogP contribution in [0.4, 0.5) is 0 Å². The molecule has 0 aliphatic carbocycles. The van der Waals surface area contributed by atoms with Crippen LogP contribution in [0.25, 0.3) is 0 Å². The van der Waals surface area contributed by atoms with Crippen LogP contribution in [0, 0.1) is 5.92 Å². The molecule has 0 amide bonds. The molecule has 1 aromatic carbocycles. The second kappa shape index (κ2) is 5.82. The first-order valence-corrected chi connectivity index (χ1v) is 6.02. The Hall–Kier alpha value is -1.35. The van der Waals surface area contributed by atoms with Crippen molar-refractivity contribution in [3.63, 3.8) is 0 Å². The van der Waals surface area contributed by atoms with Crippen molar-refractivity contribution < 1.29 is 14.3 Å². The van der Waals surface area contributed by atoms with Crippen molar-refractivity contribution >= 4 is 6.29 Å². The summed E-state index contributed by atoms with van der Waals surface area (Å²) in [4.78, 5) is 11.3. The molecule has 0 radical (unpaired) electrons. The van der Waals surface area contributed by atoms with E-state index in [1.165, 1.54) is 0 Å². The molecule has 17 heavy (non-hydrogen) atoms. The molecule has 1 aliphatic heterocycles. The van der Waals surface area contributed by atoms with Gasteiger partial charge < -0.3 is 14.3 Å². The van der Waals surface area contributed by atoms with Crippen LogP contribution in [0.3, 0.4) is 0 Å². The number of carbonyl (C=O) groups excluding carboxylic acids is 1. The molecule has 1 aromatic rings. The molecule has 0 aromatic heterocycles.